The lowest BCUT2D eigenvalue weighted by atomic mass is 9.90. The number of hydrogen-bond donors (Lipinski definition) is 1. The van der Waals surface area contributed by atoms with Crippen LogP contribution in [0.5, 0.6) is 5.75 Å². The molecule has 0 amide bonds. The Labute approximate surface area is 121 Å². The SMILES string of the molecule is CCOC.O=CCOc1cccc(C2CCNCC2)c1. The number of aldehydes is 1. The van der Waals surface area contributed by atoms with Crippen LogP contribution in [0.25, 0.3) is 0 Å². The monoisotopic (exact) mass is 279 g/mol. The molecule has 0 saturated carbocycles. The van der Waals surface area contributed by atoms with E-state index in [4.69, 9.17) is 4.74 Å². The second-order valence-electron chi connectivity index (χ2n) is 4.65. The fourth-order valence-corrected chi connectivity index (χ4v) is 2.14. The molecule has 1 saturated heterocycles. The Hall–Kier alpha value is -1.39. The number of benzene rings is 1. The number of carbonyl (C=O) groups is 1. The molecule has 4 nitrogen and oxygen atoms in total. The number of rotatable bonds is 5. The molecule has 1 aromatic rings. The molecule has 0 bridgehead atoms. The minimum Gasteiger partial charge on any atom is -0.486 e. The first-order valence-electron chi connectivity index (χ1n) is 7.17. The van der Waals surface area contributed by atoms with Crippen molar-refractivity contribution in [1.29, 1.82) is 0 Å². The Morgan fingerprint density at radius 2 is 2.05 bits per heavy atom. The molecule has 0 atom stereocenters. The summed E-state index contributed by atoms with van der Waals surface area (Å²) in [6.45, 7) is 5.09. The molecule has 0 aromatic heterocycles. The lowest BCUT2D eigenvalue weighted by Crippen LogP contribution is -2.26. The minimum atomic E-state index is 0.135. The number of carbonyl (C=O) groups excluding carboxylic acids is 1. The van der Waals surface area contributed by atoms with Gasteiger partial charge in [-0.1, -0.05) is 12.1 Å². The maximum Gasteiger partial charge on any atom is 0.157 e. The zero-order valence-electron chi connectivity index (χ0n) is 12.4. The smallest absolute Gasteiger partial charge is 0.157 e. The second kappa shape index (κ2) is 10.4. The zero-order valence-corrected chi connectivity index (χ0v) is 12.4. The van der Waals surface area contributed by atoms with Gasteiger partial charge in [0.15, 0.2) is 6.29 Å². The van der Waals surface area contributed by atoms with E-state index >= 15 is 0 Å². The Morgan fingerprint density at radius 1 is 1.35 bits per heavy atom. The molecule has 1 heterocycles. The van der Waals surface area contributed by atoms with Gasteiger partial charge in [-0.15, -0.1) is 0 Å². The van der Waals surface area contributed by atoms with Crippen molar-refractivity contribution in [1.82, 2.24) is 5.32 Å². The molecule has 1 aromatic carbocycles. The van der Waals surface area contributed by atoms with Crippen LogP contribution in [-0.4, -0.2) is 39.7 Å². The van der Waals surface area contributed by atoms with Crippen LogP contribution in [0.15, 0.2) is 24.3 Å². The minimum absolute atomic E-state index is 0.135. The van der Waals surface area contributed by atoms with Gasteiger partial charge in [0.2, 0.25) is 0 Å². The highest BCUT2D eigenvalue weighted by Crippen LogP contribution is 2.27. The summed E-state index contributed by atoms with van der Waals surface area (Å²) in [6.07, 6.45) is 3.13. The fourth-order valence-electron chi connectivity index (χ4n) is 2.14. The third-order valence-electron chi connectivity index (χ3n) is 3.28. The molecule has 0 radical (unpaired) electrons. The summed E-state index contributed by atoms with van der Waals surface area (Å²) in [7, 11) is 1.68. The van der Waals surface area contributed by atoms with Gasteiger partial charge in [-0.25, -0.2) is 0 Å². The van der Waals surface area contributed by atoms with Crippen molar-refractivity contribution in [2.75, 3.05) is 33.4 Å². The van der Waals surface area contributed by atoms with E-state index in [-0.39, 0.29) is 6.61 Å². The van der Waals surface area contributed by atoms with Crippen molar-refractivity contribution in [3.63, 3.8) is 0 Å². The van der Waals surface area contributed by atoms with Gasteiger partial charge in [0.05, 0.1) is 0 Å². The van der Waals surface area contributed by atoms with Crippen LogP contribution in [0.4, 0.5) is 0 Å². The van der Waals surface area contributed by atoms with Gasteiger partial charge in [0, 0.05) is 13.7 Å². The van der Waals surface area contributed by atoms with Crippen molar-refractivity contribution >= 4 is 6.29 Å². The lowest BCUT2D eigenvalue weighted by molar-refractivity contribution is -0.109. The van der Waals surface area contributed by atoms with Gasteiger partial charge in [0.25, 0.3) is 0 Å². The summed E-state index contributed by atoms with van der Waals surface area (Å²) in [6, 6.07) is 8.09. The first-order chi connectivity index (χ1) is 9.81. The lowest BCUT2D eigenvalue weighted by Gasteiger charge is -2.23. The van der Waals surface area contributed by atoms with Gasteiger partial charge in [-0.3, -0.25) is 4.79 Å². The molecule has 2 rings (SSSR count). The predicted octanol–water partition coefficient (Wildman–Crippen LogP) is 2.38. The largest absolute Gasteiger partial charge is 0.486 e. The molecule has 0 unspecified atom stereocenters. The molecule has 4 heteroatoms. The van der Waals surface area contributed by atoms with Crippen molar-refractivity contribution in [3.8, 4) is 5.75 Å². The van der Waals surface area contributed by atoms with E-state index in [0.717, 1.165) is 31.7 Å². The molecule has 1 aliphatic heterocycles. The topological polar surface area (TPSA) is 47.6 Å². The van der Waals surface area contributed by atoms with Gasteiger partial charge >= 0.3 is 0 Å². The van der Waals surface area contributed by atoms with Crippen LogP contribution in [0.2, 0.25) is 0 Å². The Balaban J connectivity index is 0.000000444. The Morgan fingerprint density at radius 3 is 2.65 bits per heavy atom. The highest BCUT2D eigenvalue weighted by molar-refractivity contribution is 5.51. The van der Waals surface area contributed by atoms with Crippen molar-refractivity contribution in [3.05, 3.63) is 29.8 Å². The summed E-state index contributed by atoms with van der Waals surface area (Å²) in [5.41, 5.74) is 1.32. The molecule has 112 valence electrons. The van der Waals surface area contributed by atoms with E-state index in [1.165, 1.54) is 18.4 Å². The van der Waals surface area contributed by atoms with Crippen LogP contribution >= 0.6 is 0 Å². The fraction of sp³-hybridized carbons (Fsp3) is 0.562. The summed E-state index contributed by atoms with van der Waals surface area (Å²) >= 11 is 0. The van der Waals surface area contributed by atoms with E-state index in [1.807, 2.05) is 19.1 Å². The predicted molar refractivity (Wildman–Crippen MR) is 80.4 cm³/mol. The van der Waals surface area contributed by atoms with Crippen LogP contribution < -0.4 is 10.1 Å². The number of piperidine rings is 1. The molecule has 1 fully saturated rings. The summed E-state index contributed by atoms with van der Waals surface area (Å²) in [4.78, 5) is 10.2. The Kier molecular flexibility index (Phi) is 8.67. The molecular weight excluding hydrogens is 254 g/mol. The van der Waals surface area contributed by atoms with E-state index < -0.39 is 0 Å². The maximum absolute atomic E-state index is 10.2. The van der Waals surface area contributed by atoms with Crippen molar-refractivity contribution in [2.45, 2.75) is 25.7 Å². The maximum atomic E-state index is 10.2. The first-order valence-corrected chi connectivity index (χ1v) is 7.17. The van der Waals surface area contributed by atoms with Crippen LogP contribution in [0.3, 0.4) is 0 Å². The molecule has 20 heavy (non-hydrogen) atoms. The van der Waals surface area contributed by atoms with E-state index in [1.54, 1.807) is 7.11 Å². The molecule has 1 N–H and O–H groups in total. The van der Waals surface area contributed by atoms with Crippen LogP contribution in [-0.2, 0) is 9.53 Å². The van der Waals surface area contributed by atoms with Gasteiger partial charge in [-0.2, -0.15) is 0 Å². The molecular formula is C16H25NO3. The number of ether oxygens (including phenoxy) is 2. The third kappa shape index (κ3) is 6.17. The Bertz CT molecular complexity index is 374. The second-order valence-corrected chi connectivity index (χ2v) is 4.65. The van der Waals surface area contributed by atoms with Gasteiger partial charge in [0.1, 0.15) is 12.4 Å². The van der Waals surface area contributed by atoms with Crippen LogP contribution in [0.1, 0.15) is 31.2 Å². The summed E-state index contributed by atoms with van der Waals surface area (Å²) < 4.78 is 9.84. The van der Waals surface area contributed by atoms with Gasteiger partial charge < -0.3 is 14.8 Å². The quantitative estimate of drug-likeness (QED) is 0.841. The summed E-state index contributed by atoms with van der Waals surface area (Å²) in [5.74, 6) is 1.42. The molecule has 0 spiro atoms. The number of hydrogen-bond acceptors (Lipinski definition) is 4. The van der Waals surface area contributed by atoms with E-state index in [2.05, 4.69) is 22.2 Å². The van der Waals surface area contributed by atoms with Crippen molar-refractivity contribution < 1.29 is 14.3 Å². The number of methoxy groups -OCH3 is 1. The highest BCUT2D eigenvalue weighted by atomic mass is 16.5. The summed E-state index contributed by atoms with van der Waals surface area (Å²) in [5, 5.41) is 3.36. The van der Waals surface area contributed by atoms with Crippen molar-refractivity contribution in [2.24, 2.45) is 0 Å². The van der Waals surface area contributed by atoms with E-state index in [0.29, 0.717) is 5.92 Å². The molecule has 1 aliphatic rings. The van der Waals surface area contributed by atoms with E-state index in [9.17, 15) is 4.79 Å². The first kappa shape index (κ1) is 16.7. The van der Waals surface area contributed by atoms with Crippen LogP contribution in [0, 0.1) is 0 Å². The zero-order chi connectivity index (χ0) is 14.6. The average Bonchev–Trinajstić information content (AvgIpc) is 2.54. The normalized spacial score (nSPS) is 15.1. The number of nitrogens with one attached hydrogen (secondary N) is 1. The third-order valence-corrected chi connectivity index (χ3v) is 3.28. The highest BCUT2D eigenvalue weighted by Gasteiger charge is 2.15. The standard InChI is InChI=1S/C13H17NO2.C3H8O/c15-8-9-16-13-3-1-2-12(10-13)11-4-6-14-7-5-11;1-3-4-2/h1-3,8,10-11,14H,4-7,9H2;3H2,1-2H3. The average molecular weight is 279 g/mol. The van der Waals surface area contributed by atoms with Gasteiger partial charge in [-0.05, 0) is 56.5 Å². The molecule has 0 aliphatic carbocycles.